The summed E-state index contributed by atoms with van der Waals surface area (Å²) < 4.78 is 12.0. The van der Waals surface area contributed by atoms with Crippen molar-refractivity contribution in [2.45, 2.75) is 50.8 Å². The Bertz CT molecular complexity index is 732. The van der Waals surface area contributed by atoms with Crippen LogP contribution >= 0.6 is 0 Å². The smallest absolute Gasteiger partial charge is 0.133 e. The fourth-order valence-electron chi connectivity index (χ4n) is 4.92. The van der Waals surface area contributed by atoms with Crippen LogP contribution < -0.4 is 0 Å². The molecular formula is C23H30N2O2. The van der Waals surface area contributed by atoms with Gasteiger partial charge in [0.15, 0.2) is 0 Å². The lowest BCUT2D eigenvalue weighted by Crippen LogP contribution is -2.50. The topological polar surface area (TPSA) is 28.9 Å². The summed E-state index contributed by atoms with van der Waals surface area (Å²) in [5, 5.41) is 0. The summed E-state index contributed by atoms with van der Waals surface area (Å²) in [6, 6.07) is 13.9. The molecular weight excluding hydrogens is 336 g/mol. The lowest BCUT2D eigenvalue weighted by atomic mass is 10.1. The number of hydrogen-bond donors (Lipinski definition) is 0. The van der Waals surface area contributed by atoms with Crippen molar-refractivity contribution in [3.8, 4) is 0 Å². The molecule has 4 heteroatoms. The Morgan fingerprint density at radius 1 is 0.889 bits per heavy atom. The lowest BCUT2D eigenvalue weighted by Gasteiger charge is -2.37. The molecule has 3 heterocycles. The van der Waals surface area contributed by atoms with Gasteiger partial charge in [-0.1, -0.05) is 24.3 Å². The number of rotatable bonds is 4. The lowest BCUT2D eigenvalue weighted by molar-refractivity contribution is 0.000551. The van der Waals surface area contributed by atoms with Crippen molar-refractivity contribution >= 4 is 0 Å². The quantitative estimate of drug-likeness (QED) is 0.823. The molecule has 1 aliphatic carbocycles. The number of nitrogens with zero attached hydrogens (tertiary/aromatic N) is 2. The molecule has 144 valence electrons. The third kappa shape index (κ3) is 3.84. The van der Waals surface area contributed by atoms with Gasteiger partial charge in [0.1, 0.15) is 17.6 Å². The molecule has 4 nitrogen and oxygen atoms in total. The summed E-state index contributed by atoms with van der Waals surface area (Å²) in [7, 11) is 0. The Labute approximate surface area is 162 Å². The highest BCUT2D eigenvalue weighted by atomic mass is 16.5. The van der Waals surface area contributed by atoms with Gasteiger partial charge >= 0.3 is 0 Å². The number of hydrogen-bond acceptors (Lipinski definition) is 4. The number of benzene rings is 1. The summed E-state index contributed by atoms with van der Waals surface area (Å²) in [6.45, 7) is 6.38. The van der Waals surface area contributed by atoms with Gasteiger partial charge in [0.25, 0.3) is 0 Å². The van der Waals surface area contributed by atoms with Crippen LogP contribution in [0.1, 0.15) is 48.0 Å². The van der Waals surface area contributed by atoms with E-state index in [1.54, 1.807) is 11.1 Å². The number of furan rings is 1. The fraction of sp³-hybridized carbons (Fsp3) is 0.565. The van der Waals surface area contributed by atoms with E-state index in [9.17, 15) is 0 Å². The summed E-state index contributed by atoms with van der Waals surface area (Å²) in [5.74, 6) is 2.10. The molecule has 2 saturated heterocycles. The Hall–Kier alpha value is -1.62. The summed E-state index contributed by atoms with van der Waals surface area (Å²) in [5.41, 5.74) is 3.11. The largest absolute Gasteiger partial charge is 0.462 e. The highest BCUT2D eigenvalue weighted by Gasteiger charge is 2.29. The molecule has 2 fully saturated rings. The molecule has 2 aliphatic heterocycles. The minimum Gasteiger partial charge on any atom is -0.462 e. The van der Waals surface area contributed by atoms with Crippen molar-refractivity contribution in [1.29, 1.82) is 0 Å². The summed E-state index contributed by atoms with van der Waals surface area (Å²) >= 11 is 0. The van der Waals surface area contributed by atoms with E-state index in [0.29, 0.717) is 6.04 Å². The van der Waals surface area contributed by atoms with E-state index in [-0.39, 0.29) is 6.10 Å². The molecule has 3 aliphatic rings. The number of piperazine rings is 1. The highest BCUT2D eigenvalue weighted by Crippen LogP contribution is 2.30. The van der Waals surface area contributed by atoms with Crippen LogP contribution in [0.5, 0.6) is 0 Å². The van der Waals surface area contributed by atoms with Crippen LogP contribution in [0.3, 0.4) is 0 Å². The van der Waals surface area contributed by atoms with Gasteiger partial charge < -0.3 is 9.15 Å². The van der Waals surface area contributed by atoms with Gasteiger partial charge in [0, 0.05) is 38.8 Å². The van der Waals surface area contributed by atoms with Gasteiger partial charge in [-0.15, -0.1) is 0 Å². The van der Waals surface area contributed by atoms with Crippen molar-refractivity contribution < 1.29 is 9.15 Å². The Balaban J connectivity index is 1.12. The van der Waals surface area contributed by atoms with Crippen molar-refractivity contribution in [2.75, 3.05) is 32.8 Å². The molecule has 1 atom stereocenters. The molecule has 0 amide bonds. The first-order valence-corrected chi connectivity index (χ1v) is 10.6. The average Bonchev–Trinajstić information content (AvgIpc) is 3.36. The van der Waals surface area contributed by atoms with Crippen LogP contribution in [0, 0.1) is 0 Å². The fourth-order valence-corrected chi connectivity index (χ4v) is 4.92. The van der Waals surface area contributed by atoms with Crippen molar-refractivity contribution in [1.82, 2.24) is 9.80 Å². The molecule has 0 spiro atoms. The van der Waals surface area contributed by atoms with Gasteiger partial charge in [-0.05, 0) is 55.4 Å². The normalized spacial score (nSPS) is 25.0. The minimum absolute atomic E-state index is 0.174. The highest BCUT2D eigenvalue weighted by molar-refractivity contribution is 5.33. The van der Waals surface area contributed by atoms with E-state index in [4.69, 9.17) is 9.15 Å². The van der Waals surface area contributed by atoms with Crippen molar-refractivity contribution in [3.05, 3.63) is 59.0 Å². The van der Waals surface area contributed by atoms with Crippen LogP contribution in [0.4, 0.5) is 0 Å². The maximum Gasteiger partial charge on any atom is 0.133 e. The number of fused-ring (bicyclic) bond motifs is 1. The predicted octanol–water partition coefficient (Wildman–Crippen LogP) is 3.81. The molecule has 0 radical (unpaired) electrons. The third-order valence-electron chi connectivity index (χ3n) is 6.51. The summed E-state index contributed by atoms with van der Waals surface area (Å²) in [4.78, 5) is 5.23. The van der Waals surface area contributed by atoms with Gasteiger partial charge in [-0.2, -0.15) is 0 Å². The SMILES string of the molecule is c1ccc2c(c1)CC(N1CCN(Cc3ccc([C@H]4CCCCO4)o3)CC1)C2. The Morgan fingerprint density at radius 2 is 1.67 bits per heavy atom. The molecule has 0 unspecified atom stereocenters. The van der Waals surface area contributed by atoms with Crippen LogP contribution in [-0.4, -0.2) is 48.6 Å². The predicted molar refractivity (Wildman–Crippen MR) is 106 cm³/mol. The zero-order chi connectivity index (χ0) is 18.1. The Kier molecular flexibility index (Phi) is 5.04. The van der Waals surface area contributed by atoms with E-state index < -0.39 is 0 Å². The Morgan fingerprint density at radius 3 is 2.37 bits per heavy atom. The standard InChI is InChI=1S/C23H30N2O2/c1-2-6-19-16-20(15-18(19)5-1)25-12-10-24(11-13-25)17-21-8-9-23(27-21)22-7-3-4-14-26-22/h1-2,5-6,8-9,20,22H,3-4,7,10-17H2/t22-/m1/s1. The first kappa shape index (κ1) is 17.5. The second kappa shape index (κ2) is 7.78. The van der Waals surface area contributed by atoms with Crippen LogP contribution in [0.15, 0.2) is 40.8 Å². The molecule has 0 N–H and O–H groups in total. The maximum atomic E-state index is 6.11. The van der Waals surface area contributed by atoms with E-state index >= 15 is 0 Å². The van der Waals surface area contributed by atoms with E-state index in [1.165, 1.54) is 25.7 Å². The van der Waals surface area contributed by atoms with Gasteiger partial charge in [-0.3, -0.25) is 9.80 Å². The molecule has 0 saturated carbocycles. The molecule has 27 heavy (non-hydrogen) atoms. The van der Waals surface area contributed by atoms with Gasteiger partial charge in [0.05, 0.1) is 6.54 Å². The molecule has 5 rings (SSSR count). The second-order valence-electron chi connectivity index (χ2n) is 8.30. The average molecular weight is 367 g/mol. The van der Waals surface area contributed by atoms with Crippen molar-refractivity contribution in [3.63, 3.8) is 0 Å². The maximum absolute atomic E-state index is 6.11. The second-order valence-corrected chi connectivity index (χ2v) is 8.30. The first-order valence-electron chi connectivity index (χ1n) is 10.6. The molecule has 0 bridgehead atoms. The van der Waals surface area contributed by atoms with Gasteiger partial charge in [-0.25, -0.2) is 0 Å². The minimum atomic E-state index is 0.174. The monoisotopic (exact) mass is 366 g/mol. The van der Waals surface area contributed by atoms with Crippen LogP contribution in [-0.2, 0) is 24.1 Å². The zero-order valence-corrected chi connectivity index (χ0v) is 16.1. The van der Waals surface area contributed by atoms with E-state index in [1.807, 2.05) is 0 Å². The van der Waals surface area contributed by atoms with Crippen molar-refractivity contribution in [2.24, 2.45) is 0 Å². The van der Waals surface area contributed by atoms with Gasteiger partial charge in [0.2, 0.25) is 0 Å². The molecule has 1 aromatic carbocycles. The zero-order valence-electron chi connectivity index (χ0n) is 16.1. The summed E-state index contributed by atoms with van der Waals surface area (Å²) in [6.07, 6.45) is 6.13. The number of ether oxygens (including phenoxy) is 1. The van der Waals surface area contributed by atoms with E-state index in [0.717, 1.165) is 57.3 Å². The first-order chi connectivity index (χ1) is 13.3. The van der Waals surface area contributed by atoms with E-state index in [2.05, 4.69) is 46.2 Å². The third-order valence-corrected chi connectivity index (χ3v) is 6.51. The van der Waals surface area contributed by atoms with Crippen LogP contribution in [0.25, 0.3) is 0 Å². The molecule has 1 aromatic heterocycles. The van der Waals surface area contributed by atoms with Crippen LogP contribution in [0.2, 0.25) is 0 Å². The molecule has 2 aromatic rings.